The van der Waals surface area contributed by atoms with Gasteiger partial charge in [0.2, 0.25) is 0 Å². The highest BCUT2D eigenvalue weighted by atomic mass is 79.9. The number of hydrogen-bond acceptors (Lipinski definition) is 2. The Kier molecular flexibility index (Phi) is 3.67. The third-order valence-corrected chi connectivity index (χ3v) is 3.14. The summed E-state index contributed by atoms with van der Waals surface area (Å²) in [6.07, 6.45) is 0. The molecule has 0 aliphatic carbocycles. The fourth-order valence-corrected chi connectivity index (χ4v) is 2.04. The highest BCUT2D eigenvalue weighted by Gasteiger charge is 2.10. The molecule has 0 aromatic heterocycles. The van der Waals surface area contributed by atoms with Crippen LogP contribution in [0, 0.1) is 6.92 Å². The van der Waals surface area contributed by atoms with Gasteiger partial charge in [0.25, 0.3) is 5.91 Å². The number of carbonyl (C=O) groups is 1. The van der Waals surface area contributed by atoms with Crippen LogP contribution in [-0.4, -0.2) is 5.91 Å². The molecule has 0 bridgehead atoms. The Hall–Kier alpha value is -1.81. The number of hydrogen-bond donors (Lipinski definition) is 2. The van der Waals surface area contributed by atoms with E-state index >= 15 is 0 Å². The molecule has 0 saturated heterocycles. The zero-order chi connectivity index (χ0) is 13.1. The quantitative estimate of drug-likeness (QED) is 0.833. The van der Waals surface area contributed by atoms with Gasteiger partial charge in [0.15, 0.2) is 0 Å². The maximum atomic E-state index is 12.1. The lowest BCUT2D eigenvalue weighted by Crippen LogP contribution is -2.14. The van der Waals surface area contributed by atoms with Crippen LogP contribution < -0.4 is 11.1 Å². The van der Waals surface area contributed by atoms with Gasteiger partial charge in [0.05, 0.1) is 11.4 Å². The molecule has 0 aliphatic heterocycles. The average Bonchev–Trinajstić information content (AvgIpc) is 2.33. The second-order valence-electron chi connectivity index (χ2n) is 4.00. The van der Waals surface area contributed by atoms with Crippen molar-refractivity contribution < 1.29 is 4.79 Å². The van der Waals surface area contributed by atoms with E-state index in [1.165, 1.54) is 0 Å². The molecule has 0 spiro atoms. The van der Waals surface area contributed by atoms with Gasteiger partial charge in [-0.2, -0.15) is 0 Å². The van der Waals surface area contributed by atoms with E-state index in [4.69, 9.17) is 5.73 Å². The number of benzene rings is 2. The third-order valence-electron chi connectivity index (χ3n) is 2.65. The van der Waals surface area contributed by atoms with E-state index in [1.54, 1.807) is 18.2 Å². The molecule has 2 rings (SSSR count). The van der Waals surface area contributed by atoms with Crippen LogP contribution in [0.25, 0.3) is 0 Å². The van der Waals surface area contributed by atoms with Gasteiger partial charge in [-0.15, -0.1) is 0 Å². The topological polar surface area (TPSA) is 55.1 Å². The fourth-order valence-electron chi connectivity index (χ4n) is 1.66. The molecule has 1 amide bonds. The Morgan fingerprint density at radius 2 is 1.94 bits per heavy atom. The highest BCUT2D eigenvalue weighted by molar-refractivity contribution is 9.10. The Labute approximate surface area is 114 Å². The van der Waals surface area contributed by atoms with E-state index in [1.807, 2.05) is 31.2 Å². The number of nitrogens with one attached hydrogen (secondary N) is 1. The van der Waals surface area contributed by atoms with Gasteiger partial charge in [-0.05, 0) is 36.8 Å². The maximum Gasteiger partial charge on any atom is 0.255 e. The SMILES string of the molecule is Cc1ccccc1C(=O)Nc1ccc(Br)cc1N. The van der Waals surface area contributed by atoms with Gasteiger partial charge >= 0.3 is 0 Å². The van der Waals surface area contributed by atoms with Crippen LogP contribution in [0.1, 0.15) is 15.9 Å². The summed E-state index contributed by atoms with van der Waals surface area (Å²) in [7, 11) is 0. The van der Waals surface area contributed by atoms with Crippen molar-refractivity contribution in [2.45, 2.75) is 6.92 Å². The largest absolute Gasteiger partial charge is 0.397 e. The van der Waals surface area contributed by atoms with Crippen molar-refractivity contribution in [3.8, 4) is 0 Å². The zero-order valence-electron chi connectivity index (χ0n) is 9.91. The lowest BCUT2D eigenvalue weighted by atomic mass is 10.1. The molecule has 4 heteroatoms. The first-order valence-electron chi connectivity index (χ1n) is 5.50. The van der Waals surface area contributed by atoms with E-state index in [0.717, 1.165) is 10.0 Å². The van der Waals surface area contributed by atoms with Crippen molar-refractivity contribution in [1.29, 1.82) is 0 Å². The second kappa shape index (κ2) is 5.23. The van der Waals surface area contributed by atoms with Crippen molar-refractivity contribution in [2.75, 3.05) is 11.1 Å². The van der Waals surface area contributed by atoms with E-state index in [2.05, 4.69) is 21.2 Å². The van der Waals surface area contributed by atoms with Gasteiger partial charge in [-0.3, -0.25) is 4.79 Å². The normalized spacial score (nSPS) is 10.1. The molecule has 92 valence electrons. The number of carbonyl (C=O) groups excluding carboxylic acids is 1. The minimum absolute atomic E-state index is 0.151. The van der Waals surface area contributed by atoms with E-state index in [-0.39, 0.29) is 5.91 Å². The number of nitrogen functional groups attached to an aromatic ring is 1. The molecule has 18 heavy (non-hydrogen) atoms. The number of halogens is 1. The summed E-state index contributed by atoms with van der Waals surface area (Å²) in [5.41, 5.74) is 8.58. The van der Waals surface area contributed by atoms with Crippen LogP contribution in [0.4, 0.5) is 11.4 Å². The van der Waals surface area contributed by atoms with Crippen molar-refractivity contribution in [1.82, 2.24) is 0 Å². The van der Waals surface area contributed by atoms with Crippen LogP contribution in [0.3, 0.4) is 0 Å². The van der Waals surface area contributed by atoms with Gasteiger partial charge in [0, 0.05) is 10.0 Å². The maximum absolute atomic E-state index is 12.1. The van der Waals surface area contributed by atoms with Gasteiger partial charge in [-0.1, -0.05) is 34.1 Å². The molecule has 0 heterocycles. The number of anilines is 2. The van der Waals surface area contributed by atoms with Gasteiger partial charge in [0.1, 0.15) is 0 Å². The Morgan fingerprint density at radius 1 is 1.22 bits per heavy atom. The average molecular weight is 305 g/mol. The van der Waals surface area contributed by atoms with Crippen molar-refractivity contribution in [3.63, 3.8) is 0 Å². The summed E-state index contributed by atoms with van der Waals surface area (Å²) < 4.78 is 0.883. The third kappa shape index (κ3) is 2.71. The Morgan fingerprint density at radius 3 is 2.61 bits per heavy atom. The fraction of sp³-hybridized carbons (Fsp3) is 0.0714. The zero-order valence-corrected chi connectivity index (χ0v) is 11.5. The molecule has 2 aromatic carbocycles. The number of nitrogens with two attached hydrogens (primary N) is 1. The molecule has 0 saturated carbocycles. The van der Waals surface area contributed by atoms with Crippen molar-refractivity contribution in [3.05, 3.63) is 58.1 Å². The van der Waals surface area contributed by atoms with Crippen LogP contribution >= 0.6 is 15.9 Å². The summed E-state index contributed by atoms with van der Waals surface area (Å²) in [6.45, 7) is 1.90. The predicted molar refractivity (Wildman–Crippen MR) is 77.7 cm³/mol. The lowest BCUT2D eigenvalue weighted by Gasteiger charge is -2.10. The lowest BCUT2D eigenvalue weighted by molar-refractivity contribution is 0.102. The highest BCUT2D eigenvalue weighted by Crippen LogP contribution is 2.23. The van der Waals surface area contributed by atoms with Crippen LogP contribution in [0.15, 0.2) is 46.9 Å². The second-order valence-corrected chi connectivity index (χ2v) is 4.92. The summed E-state index contributed by atoms with van der Waals surface area (Å²) in [5.74, 6) is -0.151. The molecule has 0 unspecified atom stereocenters. The monoisotopic (exact) mass is 304 g/mol. The molecule has 0 aliphatic rings. The number of aryl methyl sites for hydroxylation is 1. The Balaban J connectivity index is 2.24. The smallest absolute Gasteiger partial charge is 0.255 e. The summed E-state index contributed by atoms with van der Waals surface area (Å²) in [6, 6.07) is 12.8. The van der Waals surface area contributed by atoms with Crippen molar-refractivity contribution in [2.24, 2.45) is 0 Å². The minimum atomic E-state index is -0.151. The molecular weight excluding hydrogens is 292 g/mol. The predicted octanol–water partition coefficient (Wildman–Crippen LogP) is 3.59. The molecular formula is C14H13BrN2O. The minimum Gasteiger partial charge on any atom is -0.397 e. The number of rotatable bonds is 2. The van der Waals surface area contributed by atoms with Gasteiger partial charge < -0.3 is 11.1 Å². The van der Waals surface area contributed by atoms with Crippen molar-refractivity contribution >= 4 is 33.2 Å². The molecule has 3 nitrogen and oxygen atoms in total. The molecule has 2 aromatic rings. The van der Waals surface area contributed by atoms with Crippen LogP contribution in [0.2, 0.25) is 0 Å². The molecule has 0 fully saturated rings. The van der Waals surface area contributed by atoms with E-state index < -0.39 is 0 Å². The molecule has 0 atom stereocenters. The van der Waals surface area contributed by atoms with Gasteiger partial charge in [-0.25, -0.2) is 0 Å². The standard InChI is InChI=1S/C14H13BrN2O/c1-9-4-2-3-5-11(9)14(18)17-13-7-6-10(15)8-12(13)16/h2-8H,16H2,1H3,(H,17,18). The summed E-state index contributed by atoms with van der Waals surface area (Å²) >= 11 is 3.33. The number of amides is 1. The first-order valence-corrected chi connectivity index (χ1v) is 6.29. The molecule has 3 N–H and O–H groups in total. The first kappa shape index (κ1) is 12.6. The van der Waals surface area contributed by atoms with E-state index in [0.29, 0.717) is 16.9 Å². The van der Waals surface area contributed by atoms with E-state index in [9.17, 15) is 4.79 Å². The first-order chi connectivity index (χ1) is 8.58. The van der Waals surface area contributed by atoms with Crippen LogP contribution in [0.5, 0.6) is 0 Å². The molecule has 0 radical (unpaired) electrons. The summed E-state index contributed by atoms with van der Waals surface area (Å²) in [4.78, 5) is 12.1. The van der Waals surface area contributed by atoms with Crippen LogP contribution in [-0.2, 0) is 0 Å². The summed E-state index contributed by atoms with van der Waals surface area (Å²) in [5, 5.41) is 2.81. The Bertz CT molecular complexity index is 596.